The molecule has 0 spiro atoms. The summed E-state index contributed by atoms with van der Waals surface area (Å²) in [5, 5.41) is 6.14. The summed E-state index contributed by atoms with van der Waals surface area (Å²) in [5.41, 5.74) is 5.06. The normalized spacial score (nSPS) is 17.1. The van der Waals surface area contributed by atoms with Gasteiger partial charge in [0.2, 0.25) is 0 Å². The van der Waals surface area contributed by atoms with Gasteiger partial charge in [0, 0.05) is 43.0 Å². The second kappa shape index (κ2) is 7.58. The van der Waals surface area contributed by atoms with E-state index in [1.807, 2.05) is 28.6 Å². The largest absolute Gasteiger partial charge is 0.328 e. The van der Waals surface area contributed by atoms with Crippen LogP contribution >= 0.6 is 11.3 Å². The van der Waals surface area contributed by atoms with Crippen molar-refractivity contribution in [2.75, 3.05) is 19.6 Å². The van der Waals surface area contributed by atoms with E-state index in [1.54, 1.807) is 6.20 Å². The molecule has 1 aliphatic rings. The highest BCUT2D eigenvalue weighted by molar-refractivity contribution is 7.13. The number of nitrogens with one attached hydrogen (secondary N) is 1. The molecule has 0 saturated carbocycles. The number of pyridine rings is 1. The van der Waals surface area contributed by atoms with Gasteiger partial charge in [-0.15, -0.1) is 11.3 Å². The van der Waals surface area contributed by atoms with Crippen LogP contribution < -0.4 is 5.32 Å². The molecule has 2 aromatic heterocycles. The van der Waals surface area contributed by atoms with E-state index in [0.717, 1.165) is 29.2 Å². The van der Waals surface area contributed by atoms with Gasteiger partial charge in [0.1, 0.15) is 10.7 Å². The van der Waals surface area contributed by atoms with Crippen molar-refractivity contribution in [1.29, 1.82) is 0 Å². The molecule has 0 radical (unpaired) electrons. The van der Waals surface area contributed by atoms with Gasteiger partial charge in [0.05, 0.1) is 6.04 Å². The minimum Gasteiger partial charge on any atom is -0.328 e. The lowest BCUT2D eigenvalue weighted by atomic mass is 10.0. The Morgan fingerprint density at radius 2 is 2.19 bits per heavy atom. The van der Waals surface area contributed by atoms with Gasteiger partial charge in [0.15, 0.2) is 0 Å². The Labute approximate surface area is 163 Å². The topological polar surface area (TPSA) is 58.1 Å². The predicted octanol–water partition coefficient (Wildman–Crippen LogP) is 3.61. The Bertz CT molecular complexity index is 954. The van der Waals surface area contributed by atoms with Crippen LogP contribution in [0.15, 0.2) is 48.1 Å². The average Bonchev–Trinajstić information content (AvgIpc) is 3.18. The van der Waals surface area contributed by atoms with E-state index in [2.05, 4.69) is 47.3 Å². The molecule has 1 amide bonds. The zero-order chi connectivity index (χ0) is 18.8. The summed E-state index contributed by atoms with van der Waals surface area (Å²) >= 11 is 1.53. The first-order valence-electron chi connectivity index (χ1n) is 9.08. The van der Waals surface area contributed by atoms with Crippen molar-refractivity contribution in [2.45, 2.75) is 19.9 Å². The smallest absolute Gasteiger partial charge is 0.273 e. The minimum atomic E-state index is -0.0220. The van der Waals surface area contributed by atoms with E-state index in [1.165, 1.54) is 22.5 Å². The molecular weight excluding hydrogens is 356 g/mol. The monoisotopic (exact) mass is 378 g/mol. The molecule has 5 nitrogen and oxygen atoms in total. The summed E-state index contributed by atoms with van der Waals surface area (Å²) in [6.07, 6.45) is 3.59. The molecule has 138 valence electrons. The molecule has 1 N–H and O–H groups in total. The number of rotatable bonds is 3. The van der Waals surface area contributed by atoms with Gasteiger partial charge in [0.25, 0.3) is 5.91 Å². The standard InChI is InChI=1S/C21H22N4OS/c1-14-5-6-17(15(2)10-14)20-24-18(13-27-20)21(26)25-9-8-23-12-19(25)16-4-3-7-22-11-16/h3-7,10-11,13,19,23H,8-9,12H2,1-2H3. The average molecular weight is 379 g/mol. The number of amides is 1. The number of hydrogen-bond donors (Lipinski definition) is 1. The summed E-state index contributed by atoms with van der Waals surface area (Å²) in [5.74, 6) is -0.0161. The van der Waals surface area contributed by atoms with Gasteiger partial charge in [-0.3, -0.25) is 9.78 Å². The molecule has 3 aromatic rings. The van der Waals surface area contributed by atoms with Gasteiger partial charge in [-0.2, -0.15) is 0 Å². The fourth-order valence-electron chi connectivity index (χ4n) is 3.51. The molecule has 0 aliphatic carbocycles. The van der Waals surface area contributed by atoms with Crippen LogP contribution in [0.2, 0.25) is 0 Å². The van der Waals surface area contributed by atoms with Crippen LogP contribution in [-0.2, 0) is 0 Å². The molecule has 1 aliphatic heterocycles. The van der Waals surface area contributed by atoms with Crippen LogP contribution in [0.1, 0.15) is 33.2 Å². The van der Waals surface area contributed by atoms with Crippen molar-refractivity contribution in [3.8, 4) is 10.6 Å². The molecule has 0 bridgehead atoms. The molecule has 1 aromatic carbocycles. The first-order chi connectivity index (χ1) is 13.1. The molecule has 3 heterocycles. The van der Waals surface area contributed by atoms with E-state index in [4.69, 9.17) is 0 Å². The lowest BCUT2D eigenvalue weighted by molar-refractivity contribution is 0.0629. The van der Waals surface area contributed by atoms with Gasteiger partial charge in [-0.1, -0.05) is 29.8 Å². The zero-order valence-electron chi connectivity index (χ0n) is 15.5. The predicted molar refractivity (Wildman–Crippen MR) is 108 cm³/mol. The Morgan fingerprint density at radius 3 is 2.96 bits per heavy atom. The third-order valence-electron chi connectivity index (χ3n) is 4.91. The number of hydrogen-bond acceptors (Lipinski definition) is 5. The van der Waals surface area contributed by atoms with Crippen LogP contribution in [0.5, 0.6) is 0 Å². The molecule has 1 unspecified atom stereocenters. The van der Waals surface area contributed by atoms with E-state index in [0.29, 0.717) is 12.2 Å². The number of carbonyl (C=O) groups is 1. The SMILES string of the molecule is Cc1ccc(-c2nc(C(=O)N3CCNCC3c3cccnc3)cs2)c(C)c1. The maximum atomic E-state index is 13.2. The van der Waals surface area contributed by atoms with E-state index in [-0.39, 0.29) is 11.9 Å². The van der Waals surface area contributed by atoms with E-state index >= 15 is 0 Å². The van der Waals surface area contributed by atoms with Crippen molar-refractivity contribution in [2.24, 2.45) is 0 Å². The third-order valence-corrected chi connectivity index (χ3v) is 5.78. The van der Waals surface area contributed by atoms with Crippen molar-refractivity contribution >= 4 is 17.2 Å². The highest BCUT2D eigenvalue weighted by Crippen LogP contribution is 2.29. The maximum Gasteiger partial charge on any atom is 0.273 e. The molecule has 1 fully saturated rings. The first-order valence-corrected chi connectivity index (χ1v) is 9.96. The highest BCUT2D eigenvalue weighted by atomic mass is 32.1. The number of benzene rings is 1. The molecule has 1 saturated heterocycles. The van der Waals surface area contributed by atoms with Crippen LogP contribution in [0.3, 0.4) is 0 Å². The fourth-order valence-corrected chi connectivity index (χ4v) is 4.40. The Kier molecular flexibility index (Phi) is 5.01. The molecule has 27 heavy (non-hydrogen) atoms. The Morgan fingerprint density at radius 1 is 1.30 bits per heavy atom. The minimum absolute atomic E-state index is 0.0161. The third kappa shape index (κ3) is 3.63. The van der Waals surface area contributed by atoms with Crippen molar-refractivity contribution < 1.29 is 4.79 Å². The number of carbonyl (C=O) groups excluding carboxylic acids is 1. The Balaban J connectivity index is 1.61. The number of thiazole rings is 1. The van der Waals surface area contributed by atoms with Gasteiger partial charge < -0.3 is 10.2 Å². The number of aromatic nitrogens is 2. The van der Waals surface area contributed by atoms with Crippen LogP contribution in [0, 0.1) is 13.8 Å². The zero-order valence-corrected chi connectivity index (χ0v) is 16.3. The lowest BCUT2D eigenvalue weighted by Gasteiger charge is -2.36. The second-order valence-corrected chi connectivity index (χ2v) is 7.72. The van der Waals surface area contributed by atoms with Gasteiger partial charge in [-0.25, -0.2) is 4.98 Å². The van der Waals surface area contributed by atoms with Gasteiger partial charge >= 0.3 is 0 Å². The summed E-state index contributed by atoms with van der Waals surface area (Å²) in [4.78, 5) is 24.0. The van der Waals surface area contributed by atoms with Crippen LogP contribution in [0.25, 0.3) is 10.6 Å². The molecule has 6 heteroatoms. The van der Waals surface area contributed by atoms with Gasteiger partial charge in [-0.05, 0) is 31.0 Å². The van der Waals surface area contributed by atoms with Crippen molar-refractivity contribution in [3.63, 3.8) is 0 Å². The summed E-state index contributed by atoms with van der Waals surface area (Å²) in [6, 6.07) is 10.2. The molecule has 1 atom stereocenters. The first kappa shape index (κ1) is 17.8. The number of nitrogens with zero attached hydrogens (tertiary/aromatic N) is 3. The number of aryl methyl sites for hydroxylation is 2. The Hall–Kier alpha value is -2.57. The summed E-state index contributed by atoms with van der Waals surface area (Å²) in [7, 11) is 0. The van der Waals surface area contributed by atoms with Crippen molar-refractivity contribution in [3.05, 3.63) is 70.5 Å². The highest BCUT2D eigenvalue weighted by Gasteiger charge is 2.30. The van der Waals surface area contributed by atoms with E-state index in [9.17, 15) is 4.79 Å². The fraction of sp³-hybridized carbons (Fsp3) is 0.286. The van der Waals surface area contributed by atoms with Crippen LogP contribution in [-0.4, -0.2) is 40.4 Å². The molecule has 4 rings (SSSR count). The quantitative estimate of drug-likeness (QED) is 0.756. The number of piperazine rings is 1. The molecular formula is C21H22N4OS. The maximum absolute atomic E-state index is 13.2. The van der Waals surface area contributed by atoms with Crippen molar-refractivity contribution in [1.82, 2.24) is 20.2 Å². The summed E-state index contributed by atoms with van der Waals surface area (Å²) < 4.78 is 0. The van der Waals surface area contributed by atoms with Crippen LogP contribution in [0.4, 0.5) is 0 Å². The lowest BCUT2D eigenvalue weighted by Crippen LogP contribution is -2.48. The summed E-state index contributed by atoms with van der Waals surface area (Å²) in [6.45, 7) is 6.34. The second-order valence-electron chi connectivity index (χ2n) is 6.86. The van der Waals surface area contributed by atoms with E-state index < -0.39 is 0 Å².